The molecule has 0 atom stereocenters. The molecule has 142 valence electrons. The molecule has 0 bridgehead atoms. The summed E-state index contributed by atoms with van der Waals surface area (Å²) in [4.78, 5) is 19.6. The maximum Gasteiger partial charge on any atom is 0.409 e. The fourth-order valence-electron chi connectivity index (χ4n) is 2.58. The number of piperazine rings is 1. The van der Waals surface area contributed by atoms with Crippen molar-refractivity contribution in [3.05, 3.63) is 35.1 Å². The van der Waals surface area contributed by atoms with Crippen LogP contribution in [0.2, 0.25) is 0 Å². The number of benzene rings is 1. The number of halogens is 2. The standard InChI is InChI=1S/C17H22FN5O2.HI/c1-3-25-17(24)23-8-6-22(7-9-23)16(20-2)21-12-14-5-4-13(11-19)10-15(14)18;/h4-5,10H,3,6-9,12H2,1-2H3,(H,20,21);1H. The maximum atomic E-state index is 13.9. The third-order valence-corrected chi connectivity index (χ3v) is 3.94. The molecule has 1 aliphatic heterocycles. The van der Waals surface area contributed by atoms with Crippen LogP contribution >= 0.6 is 24.0 Å². The van der Waals surface area contributed by atoms with Gasteiger partial charge in [0.25, 0.3) is 0 Å². The van der Waals surface area contributed by atoms with Crippen molar-refractivity contribution < 1.29 is 13.9 Å². The number of carbonyl (C=O) groups excluding carboxylic acids is 1. The Balaban J connectivity index is 0.00000338. The number of carbonyl (C=O) groups is 1. The average Bonchev–Trinajstić information content (AvgIpc) is 2.64. The number of hydrogen-bond acceptors (Lipinski definition) is 4. The first-order valence-corrected chi connectivity index (χ1v) is 8.14. The van der Waals surface area contributed by atoms with E-state index in [2.05, 4.69) is 10.3 Å². The number of rotatable bonds is 3. The molecule has 26 heavy (non-hydrogen) atoms. The van der Waals surface area contributed by atoms with Crippen LogP contribution in [0.1, 0.15) is 18.1 Å². The third kappa shape index (κ3) is 5.72. The Morgan fingerprint density at radius 1 is 1.35 bits per heavy atom. The molecule has 1 fully saturated rings. The van der Waals surface area contributed by atoms with Crippen molar-refractivity contribution in [2.24, 2.45) is 4.99 Å². The summed E-state index contributed by atoms with van der Waals surface area (Å²) in [6.07, 6.45) is -0.301. The first-order valence-electron chi connectivity index (χ1n) is 8.14. The van der Waals surface area contributed by atoms with Crippen LogP contribution in [0.15, 0.2) is 23.2 Å². The molecular weight excluding hydrogens is 452 g/mol. The predicted octanol–water partition coefficient (Wildman–Crippen LogP) is 2.16. The molecule has 1 saturated heterocycles. The number of amides is 1. The summed E-state index contributed by atoms with van der Waals surface area (Å²) in [5.41, 5.74) is 0.756. The maximum absolute atomic E-state index is 13.9. The number of hydrogen-bond donors (Lipinski definition) is 1. The van der Waals surface area contributed by atoms with Crippen LogP contribution in [0, 0.1) is 17.1 Å². The Morgan fingerprint density at radius 3 is 2.54 bits per heavy atom. The van der Waals surface area contributed by atoms with Gasteiger partial charge in [0, 0.05) is 45.3 Å². The van der Waals surface area contributed by atoms with E-state index >= 15 is 0 Å². The molecule has 0 unspecified atom stereocenters. The van der Waals surface area contributed by atoms with E-state index in [9.17, 15) is 9.18 Å². The van der Waals surface area contributed by atoms with Crippen molar-refractivity contribution in [1.82, 2.24) is 15.1 Å². The van der Waals surface area contributed by atoms with E-state index in [0.717, 1.165) is 0 Å². The summed E-state index contributed by atoms with van der Waals surface area (Å²) >= 11 is 0. The zero-order valence-electron chi connectivity index (χ0n) is 14.9. The van der Waals surface area contributed by atoms with Crippen molar-refractivity contribution in [2.75, 3.05) is 39.8 Å². The van der Waals surface area contributed by atoms with Crippen molar-refractivity contribution >= 4 is 36.0 Å². The molecule has 7 nitrogen and oxygen atoms in total. The van der Waals surface area contributed by atoms with Gasteiger partial charge in [0.1, 0.15) is 5.82 Å². The Labute approximate surface area is 169 Å². The molecule has 0 spiro atoms. The Morgan fingerprint density at radius 2 is 2.00 bits per heavy atom. The fraction of sp³-hybridized carbons (Fsp3) is 0.471. The third-order valence-electron chi connectivity index (χ3n) is 3.94. The largest absolute Gasteiger partial charge is 0.450 e. The van der Waals surface area contributed by atoms with Gasteiger partial charge in [-0.1, -0.05) is 6.07 Å². The van der Waals surface area contributed by atoms with Crippen LogP contribution < -0.4 is 5.32 Å². The van der Waals surface area contributed by atoms with Gasteiger partial charge in [-0.2, -0.15) is 5.26 Å². The highest BCUT2D eigenvalue weighted by Gasteiger charge is 2.23. The second-order valence-electron chi connectivity index (χ2n) is 5.49. The van der Waals surface area contributed by atoms with Crippen molar-refractivity contribution in [3.63, 3.8) is 0 Å². The Hall–Kier alpha value is -2.09. The molecule has 0 radical (unpaired) electrons. The molecule has 1 aromatic carbocycles. The van der Waals surface area contributed by atoms with E-state index in [0.29, 0.717) is 49.9 Å². The van der Waals surface area contributed by atoms with Crippen LogP contribution in [0.4, 0.5) is 9.18 Å². The number of guanidine groups is 1. The van der Waals surface area contributed by atoms with E-state index in [1.165, 1.54) is 6.07 Å². The van der Waals surface area contributed by atoms with Crippen molar-refractivity contribution in [3.8, 4) is 6.07 Å². The molecule has 0 saturated carbocycles. The minimum absolute atomic E-state index is 0. The summed E-state index contributed by atoms with van der Waals surface area (Å²) in [5, 5.41) is 11.9. The van der Waals surface area contributed by atoms with Gasteiger partial charge in [-0.3, -0.25) is 4.99 Å². The van der Waals surface area contributed by atoms with E-state index in [-0.39, 0.29) is 36.6 Å². The average molecular weight is 475 g/mol. The van der Waals surface area contributed by atoms with Crippen LogP contribution in [0.3, 0.4) is 0 Å². The lowest BCUT2D eigenvalue weighted by Crippen LogP contribution is -2.53. The van der Waals surface area contributed by atoms with Gasteiger partial charge in [-0.15, -0.1) is 24.0 Å². The highest BCUT2D eigenvalue weighted by atomic mass is 127. The van der Waals surface area contributed by atoms with Gasteiger partial charge in [0.15, 0.2) is 5.96 Å². The molecule has 2 rings (SSSR count). The van der Waals surface area contributed by atoms with E-state index in [1.807, 2.05) is 11.0 Å². The Kier molecular flexibility index (Phi) is 9.12. The van der Waals surface area contributed by atoms with Gasteiger partial charge in [0.05, 0.1) is 18.2 Å². The number of nitrogens with one attached hydrogen (secondary N) is 1. The fourth-order valence-corrected chi connectivity index (χ4v) is 2.58. The first kappa shape index (κ1) is 22.0. The monoisotopic (exact) mass is 475 g/mol. The van der Waals surface area contributed by atoms with Gasteiger partial charge in [-0.05, 0) is 19.1 Å². The van der Waals surface area contributed by atoms with Gasteiger partial charge in [0.2, 0.25) is 0 Å². The summed E-state index contributed by atoms with van der Waals surface area (Å²) in [5.74, 6) is 0.224. The molecule has 9 heteroatoms. The summed E-state index contributed by atoms with van der Waals surface area (Å²) in [7, 11) is 1.66. The van der Waals surface area contributed by atoms with Crippen LogP contribution in [0.5, 0.6) is 0 Å². The van der Waals surface area contributed by atoms with E-state index in [1.54, 1.807) is 31.0 Å². The second kappa shape index (κ2) is 10.8. The quantitative estimate of drug-likeness (QED) is 0.412. The number of aliphatic imine (C=N–C) groups is 1. The lowest BCUT2D eigenvalue weighted by Gasteiger charge is -2.35. The highest BCUT2D eigenvalue weighted by molar-refractivity contribution is 14.0. The lowest BCUT2D eigenvalue weighted by molar-refractivity contribution is 0.0914. The zero-order chi connectivity index (χ0) is 18.2. The molecule has 1 heterocycles. The van der Waals surface area contributed by atoms with Gasteiger partial charge >= 0.3 is 6.09 Å². The summed E-state index contributed by atoms with van der Waals surface area (Å²) in [6, 6.07) is 6.30. The van der Waals surface area contributed by atoms with E-state index in [4.69, 9.17) is 10.00 Å². The summed E-state index contributed by atoms with van der Waals surface area (Å²) < 4.78 is 18.9. The SMILES string of the molecule is CCOC(=O)N1CCN(C(=NC)NCc2ccc(C#N)cc2F)CC1.I. The lowest BCUT2D eigenvalue weighted by atomic mass is 10.1. The molecule has 0 aromatic heterocycles. The minimum atomic E-state index is -0.422. The van der Waals surface area contributed by atoms with Crippen LogP contribution in [-0.2, 0) is 11.3 Å². The van der Waals surface area contributed by atoms with Crippen LogP contribution in [-0.4, -0.2) is 61.7 Å². The molecule has 1 aliphatic rings. The van der Waals surface area contributed by atoms with Gasteiger partial charge < -0.3 is 19.9 Å². The number of ether oxygens (including phenoxy) is 1. The highest BCUT2D eigenvalue weighted by Crippen LogP contribution is 2.10. The number of nitrogens with zero attached hydrogens (tertiary/aromatic N) is 4. The van der Waals surface area contributed by atoms with Crippen molar-refractivity contribution in [1.29, 1.82) is 5.26 Å². The van der Waals surface area contributed by atoms with Gasteiger partial charge in [-0.25, -0.2) is 9.18 Å². The Bertz CT molecular complexity index is 684. The summed E-state index contributed by atoms with van der Waals surface area (Å²) in [6.45, 7) is 4.74. The zero-order valence-corrected chi connectivity index (χ0v) is 17.2. The van der Waals surface area contributed by atoms with Crippen molar-refractivity contribution in [2.45, 2.75) is 13.5 Å². The molecule has 0 aliphatic carbocycles. The number of nitriles is 1. The topological polar surface area (TPSA) is 81.0 Å². The first-order chi connectivity index (χ1) is 12.1. The molecule has 1 N–H and O–H groups in total. The smallest absolute Gasteiger partial charge is 0.409 e. The minimum Gasteiger partial charge on any atom is -0.450 e. The second-order valence-corrected chi connectivity index (χ2v) is 5.49. The van der Waals surface area contributed by atoms with Crippen LogP contribution in [0.25, 0.3) is 0 Å². The molecule has 1 aromatic rings. The molecule has 1 amide bonds. The van der Waals surface area contributed by atoms with E-state index < -0.39 is 5.82 Å². The predicted molar refractivity (Wildman–Crippen MR) is 107 cm³/mol. The normalized spacial score (nSPS) is 14.3. The molecular formula is C17H23FIN5O2.